The maximum atomic E-state index is 15.8. The fourth-order valence-corrected chi connectivity index (χ4v) is 6.52. The van der Waals surface area contributed by atoms with Gasteiger partial charge in [0.15, 0.2) is 22.5 Å². The van der Waals surface area contributed by atoms with E-state index in [1.807, 2.05) is 0 Å². The largest absolute Gasteiger partial charge is 0.476 e. The monoisotopic (exact) mass is 684 g/mol. The molecule has 0 unspecified atom stereocenters. The number of aliphatic hydroxyl groups excluding tert-OH is 1. The number of rotatable bonds is 14. The molecule has 2 aromatic heterocycles. The highest BCUT2D eigenvalue weighted by atomic mass is 35.5. The van der Waals surface area contributed by atoms with Gasteiger partial charge in [0.1, 0.15) is 18.2 Å². The number of nitrogens with two attached hydrogens (primary N) is 1. The Morgan fingerprint density at radius 2 is 2.00 bits per heavy atom. The molecule has 4 N–H and O–H groups in total. The van der Waals surface area contributed by atoms with Gasteiger partial charge in [0, 0.05) is 11.2 Å². The van der Waals surface area contributed by atoms with Gasteiger partial charge in [-0.1, -0.05) is 44.1 Å². The summed E-state index contributed by atoms with van der Waals surface area (Å²) in [6, 6.07) is -1.15. The Hall–Kier alpha value is -2.11. The third-order valence-corrected chi connectivity index (χ3v) is 9.35. The predicted octanol–water partition coefficient (Wildman–Crippen LogP) is 3.35. The Kier molecular flexibility index (Phi) is 12.0. The van der Waals surface area contributed by atoms with E-state index in [-0.39, 0.29) is 47.1 Å². The van der Waals surface area contributed by atoms with Crippen LogP contribution in [0.5, 0.6) is 5.88 Å². The first kappa shape index (κ1) is 36.4. The molecule has 0 aliphatic carbocycles. The average molecular weight is 685 g/mol. The second-order valence-electron chi connectivity index (χ2n) is 11.1. The number of nitrogens with one attached hydrogen (secondary N) is 1. The molecule has 1 saturated heterocycles. The quantitative estimate of drug-likeness (QED) is 0.113. The lowest BCUT2D eigenvalue weighted by Crippen LogP contribution is -2.39. The first-order chi connectivity index (χ1) is 20.4. The van der Waals surface area contributed by atoms with Crippen LogP contribution in [0.1, 0.15) is 54.7 Å². The Labute approximate surface area is 263 Å². The summed E-state index contributed by atoms with van der Waals surface area (Å²) in [5, 5.41) is 10.2. The van der Waals surface area contributed by atoms with Crippen molar-refractivity contribution in [1.82, 2.24) is 24.6 Å². The molecule has 6 atom stereocenters. The van der Waals surface area contributed by atoms with Crippen LogP contribution in [0.15, 0.2) is 6.33 Å². The van der Waals surface area contributed by atoms with Crippen LogP contribution in [-0.2, 0) is 32.7 Å². The number of aliphatic hydroxyl groups is 1. The molecule has 0 spiro atoms. The van der Waals surface area contributed by atoms with E-state index in [0.29, 0.717) is 0 Å². The van der Waals surface area contributed by atoms with Crippen LogP contribution in [0.4, 0.5) is 10.3 Å². The minimum atomic E-state index is -4.34. The number of imidazole rings is 1. The lowest BCUT2D eigenvalue weighted by molar-refractivity contribution is -0.149. The highest BCUT2D eigenvalue weighted by molar-refractivity contribution is 8.13. The van der Waals surface area contributed by atoms with Gasteiger partial charge in [-0.15, -0.1) is 0 Å². The van der Waals surface area contributed by atoms with Crippen molar-refractivity contribution < 1.29 is 46.9 Å². The van der Waals surface area contributed by atoms with Crippen molar-refractivity contribution in [2.45, 2.75) is 84.2 Å². The second-order valence-corrected chi connectivity index (χ2v) is 14.6. The minimum Gasteiger partial charge on any atom is -0.476 e. The number of halogens is 2. The zero-order valence-electron chi connectivity index (χ0n) is 25.5. The number of nitrogens with zero attached hydrogens (tertiary/aromatic N) is 4. The van der Waals surface area contributed by atoms with E-state index in [9.17, 15) is 19.3 Å². The zero-order valence-corrected chi connectivity index (χ0v) is 28.0. The van der Waals surface area contributed by atoms with Crippen LogP contribution < -0.4 is 15.6 Å². The van der Waals surface area contributed by atoms with E-state index in [0.717, 1.165) is 16.3 Å². The Balaban J connectivity index is 1.78. The molecule has 0 aromatic carbocycles. The van der Waals surface area contributed by atoms with Crippen molar-refractivity contribution in [3.8, 4) is 5.88 Å². The number of nitrogen functional groups attached to an aromatic ring is 1. The summed E-state index contributed by atoms with van der Waals surface area (Å²) >= 11 is 7.12. The summed E-state index contributed by atoms with van der Waals surface area (Å²) in [5.74, 6) is -0.733. The molecule has 1 aliphatic rings. The number of ether oxygens (including phenoxy) is 3. The van der Waals surface area contributed by atoms with E-state index in [4.69, 9.17) is 40.6 Å². The standard InChI is InChI=1S/C25H39ClFN6O9PS/c1-8-38-19-16-18(30-23(28)31-19)33(12-29-16)21-25(26,27)17(34)15(42-21)11-40-43(37,32-14(4)20(35)41-13(2)3)39-9-10-44-22(36)24(5,6)7/h12-15,17,21,34H,8-11H2,1-7H3,(H,32,37)(H2,28,30,31)/t14-,15-,17-,21-,25+,43-/m1/s1. The molecule has 0 saturated carbocycles. The van der Waals surface area contributed by atoms with E-state index < -0.39 is 61.4 Å². The summed E-state index contributed by atoms with van der Waals surface area (Å²) in [6.45, 7) is 11.0. The number of thioether (sulfide) groups is 1. The molecule has 248 valence electrons. The molecule has 19 heteroatoms. The van der Waals surface area contributed by atoms with Gasteiger partial charge < -0.3 is 25.1 Å². The molecule has 0 radical (unpaired) electrons. The van der Waals surface area contributed by atoms with Gasteiger partial charge in [-0.05, 0) is 27.7 Å². The fraction of sp³-hybridized carbons (Fsp3) is 0.720. The summed E-state index contributed by atoms with van der Waals surface area (Å²) in [4.78, 5) is 36.9. The summed E-state index contributed by atoms with van der Waals surface area (Å²) in [6.07, 6.45) is -4.42. The molecule has 1 fully saturated rings. The smallest absolute Gasteiger partial charge is 0.406 e. The topological polar surface area (TPSA) is 199 Å². The second kappa shape index (κ2) is 14.5. The summed E-state index contributed by atoms with van der Waals surface area (Å²) in [5.41, 5.74) is 5.36. The molecule has 15 nitrogen and oxygen atoms in total. The molecule has 2 aromatic rings. The number of alkyl halides is 2. The summed E-state index contributed by atoms with van der Waals surface area (Å²) < 4.78 is 58.0. The van der Waals surface area contributed by atoms with Crippen LogP contribution in [-0.4, -0.2) is 90.8 Å². The van der Waals surface area contributed by atoms with Crippen molar-refractivity contribution in [3.05, 3.63) is 6.33 Å². The van der Waals surface area contributed by atoms with Gasteiger partial charge in [-0.25, -0.2) is 19.0 Å². The van der Waals surface area contributed by atoms with Crippen LogP contribution in [0, 0.1) is 5.41 Å². The van der Waals surface area contributed by atoms with E-state index in [2.05, 4.69) is 20.0 Å². The number of fused-ring (bicyclic) bond motifs is 1. The molecule has 1 aliphatic heterocycles. The third-order valence-electron chi connectivity index (χ3n) is 5.98. The van der Waals surface area contributed by atoms with Crippen molar-refractivity contribution in [2.24, 2.45) is 5.41 Å². The number of esters is 1. The molecular weight excluding hydrogens is 646 g/mol. The summed E-state index contributed by atoms with van der Waals surface area (Å²) in [7, 11) is -4.34. The van der Waals surface area contributed by atoms with Gasteiger partial charge in [0.2, 0.25) is 11.8 Å². The number of carbonyl (C=O) groups is 2. The molecule has 0 bridgehead atoms. The van der Waals surface area contributed by atoms with Crippen molar-refractivity contribution in [2.75, 3.05) is 31.3 Å². The third kappa shape index (κ3) is 8.78. The minimum absolute atomic E-state index is 0.0258. The van der Waals surface area contributed by atoms with Gasteiger partial charge >= 0.3 is 13.7 Å². The first-order valence-corrected chi connectivity index (χ1v) is 16.7. The number of hydrogen-bond donors (Lipinski definition) is 3. The normalized spacial score (nSPS) is 24.4. The van der Waals surface area contributed by atoms with E-state index >= 15 is 4.39 Å². The van der Waals surface area contributed by atoms with Crippen molar-refractivity contribution in [1.29, 1.82) is 0 Å². The van der Waals surface area contributed by atoms with E-state index in [1.54, 1.807) is 41.5 Å². The molecule has 3 heterocycles. The first-order valence-electron chi connectivity index (χ1n) is 13.8. The van der Waals surface area contributed by atoms with Gasteiger partial charge in [0.25, 0.3) is 5.13 Å². The van der Waals surface area contributed by atoms with Crippen LogP contribution in [0.25, 0.3) is 11.2 Å². The van der Waals surface area contributed by atoms with Crippen LogP contribution >= 0.6 is 31.1 Å². The molecule has 3 rings (SSSR count). The fourth-order valence-electron chi connectivity index (χ4n) is 3.84. The van der Waals surface area contributed by atoms with Crippen molar-refractivity contribution >= 4 is 59.3 Å². The zero-order chi connectivity index (χ0) is 33.0. The maximum absolute atomic E-state index is 15.8. The van der Waals surface area contributed by atoms with Crippen molar-refractivity contribution in [3.63, 3.8) is 0 Å². The van der Waals surface area contributed by atoms with Gasteiger partial charge in [-0.3, -0.25) is 23.2 Å². The highest BCUT2D eigenvalue weighted by Gasteiger charge is 2.58. The van der Waals surface area contributed by atoms with E-state index in [1.165, 1.54) is 13.3 Å². The maximum Gasteiger partial charge on any atom is 0.406 e. The highest BCUT2D eigenvalue weighted by Crippen LogP contribution is 2.49. The molecule has 44 heavy (non-hydrogen) atoms. The Morgan fingerprint density at radius 1 is 1.32 bits per heavy atom. The van der Waals surface area contributed by atoms with Crippen LogP contribution in [0.2, 0.25) is 0 Å². The number of aromatic nitrogens is 4. The molecular formula is C25H39ClFN6O9PS. The Bertz CT molecular complexity index is 1380. The predicted molar refractivity (Wildman–Crippen MR) is 161 cm³/mol. The number of hydrogen-bond acceptors (Lipinski definition) is 14. The van der Waals surface area contributed by atoms with Gasteiger partial charge in [-0.2, -0.15) is 9.97 Å². The number of carbonyl (C=O) groups excluding carboxylic acids is 2. The Morgan fingerprint density at radius 3 is 2.61 bits per heavy atom. The van der Waals surface area contributed by atoms with Gasteiger partial charge in [0.05, 0.1) is 32.3 Å². The average Bonchev–Trinajstić information content (AvgIpc) is 3.42. The van der Waals surface area contributed by atoms with Crippen LogP contribution in [0.3, 0.4) is 0 Å². The molecule has 0 amide bonds. The lowest BCUT2D eigenvalue weighted by atomic mass is 10.00. The number of anilines is 1. The SMILES string of the molecule is CCOc1nc(N)nc2c1ncn2[C@@H]1O[C@H](CO[P@@](=O)(N[C@H](C)C(=O)OC(C)C)OCCSC(=O)C(C)(C)C)[C@@H](O)[C@@]1(F)Cl. The lowest BCUT2D eigenvalue weighted by Gasteiger charge is -2.25.